The van der Waals surface area contributed by atoms with Crippen molar-refractivity contribution >= 4 is 28.8 Å². The number of hydrogen-bond donors (Lipinski definition) is 0. The van der Waals surface area contributed by atoms with E-state index in [1.165, 1.54) is 22.5 Å². The van der Waals surface area contributed by atoms with Crippen LogP contribution in [0.5, 0.6) is 0 Å². The molecule has 31 heavy (non-hydrogen) atoms. The first-order chi connectivity index (χ1) is 14.6. The van der Waals surface area contributed by atoms with Gasteiger partial charge < -0.3 is 17.3 Å². The minimum Gasteiger partial charge on any atom is -1.00 e. The van der Waals surface area contributed by atoms with Crippen LogP contribution < -0.4 is 17.3 Å². The largest absolute Gasteiger partial charge is 1.00 e. The fourth-order valence-corrected chi connectivity index (χ4v) is 4.29. The average molecular weight is 454 g/mol. The zero-order valence-corrected chi connectivity index (χ0v) is 19.2. The van der Waals surface area contributed by atoms with Crippen molar-refractivity contribution < 1.29 is 17.2 Å². The maximum absolute atomic E-state index is 12.5. The van der Waals surface area contributed by atoms with Gasteiger partial charge >= 0.3 is 0 Å². The van der Waals surface area contributed by atoms with Crippen LogP contribution in [0.3, 0.4) is 0 Å². The lowest BCUT2D eigenvalue weighted by atomic mass is 10.0. The number of hydrogen-bond acceptors (Lipinski definition) is 3. The molecule has 3 nitrogen and oxygen atoms in total. The summed E-state index contributed by atoms with van der Waals surface area (Å²) in [7, 11) is 2.01. The van der Waals surface area contributed by atoms with E-state index >= 15 is 0 Å². The van der Waals surface area contributed by atoms with Crippen molar-refractivity contribution in [1.82, 2.24) is 4.90 Å². The molecule has 1 aliphatic rings. The smallest absolute Gasteiger partial charge is 0.176 e. The van der Waals surface area contributed by atoms with Gasteiger partial charge in [0.15, 0.2) is 5.78 Å². The Morgan fingerprint density at radius 3 is 2.03 bits per heavy atom. The third-order valence-electron chi connectivity index (χ3n) is 5.73. The van der Waals surface area contributed by atoms with Gasteiger partial charge in [-0.15, -0.1) is 0 Å². The van der Waals surface area contributed by atoms with E-state index in [2.05, 4.69) is 58.3 Å². The van der Waals surface area contributed by atoms with Crippen LogP contribution in [0.25, 0.3) is 0 Å². The summed E-state index contributed by atoms with van der Waals surface area (Å²) in [6.45, 7) is 2.20. The summed E-state index contributed by atoms with van der Waals surface area (Å²) in [5.74, 6) is 0.125. The first-order valence-electron chi connectivity index (χ1n) is 10.5. The number of anilines is 2. The molecule has 0 saturated carbocycles. The second-order valence-corrected chi connectivity index (χ2v) is 8.37. The fourth-order valence-electron chi connectivity index (χ4n) is 4.16. The number of nitrogens with zero attached hydrogens (tertiary/aromatic N) is 2. The zero-order chi connectivity index (χ0) is 20.9. The van der Waals surface area contributed by atoms with Gasteiger partial charge in [-0.3, -0.25) is 9.69 Å². The summed E-state index contributed by atoms with van der Waals surface area (Å²) in [6, 6.07) is 24.6. The summed E-state index contributed by atoms with van der Waals surface area (Å²) in [6.07, 6.45) is 3.12. The fraction of sp³-hybridized carbons (Fsp3) is 0.269. The van der Waals surface area contributed by atoms with Gasteiger partial charge in [-0.1, -0.05) is 48.0 Å². The summed E-state index contributed by atoms with van der Waals surface area (Å²) in [5, 5.41) is 0.651. The van der Waals surface area contributed by atoms with E-state index in [0.717, 1.165) is 32.4 Å². The van der Waals surface area contributed by atoms with Crippen LogP contribution in [0, 0.1) is 0 Å². The molecule has 0 radical (unpaired) electrons. The molecule has 0 fully saturated rings. The number of rotatable bonds is 7. The van der Waals surface area contributed by atoms with Gasteiger partial charge in [0, 0.05) is 35.1 Å². The van der Waals surface area contributed by atoms with Crippen molar-refractivity contribution in [2.75, 3.05) is 31.6 Å². The van der Waals surface area contributed by atoms with Crippen molar-refractivity contribution in [1.29, 1.82) is 0 Å². The third-order valence-corrected chi connectivity index (χ3v) is 5.98. The number of benzene rings is 3. The molecule has 0 aliphatic carbocycles. The molecule has 4 rings (SSSR count). The lowest BCUT2D eigenvalue weighted by molar-refractivity contribution is -0.0000141. The minimum absolute atomic E-state index is 0. The highest BCUT2D eigenvalue weighted by Gasteiger charge is 2.20. The van der Waals surface area contributed by atoms with Crippen LogP contribution in [0.4, 0.5) is 11.4 Å². The molecule has 1 aliphatic heterocycles. The number of Topliss-reactive ketones (excluding diaryl/α,β-unsaturated/α-hetero) is 1. The van der Waals surface area contributed by atoms with Crippen molar-refractivity contribution in [3.8, 4) is 0 Å². The van der Waals surface area contributed by atoms with Gasteiger partial charge in [-0.05, 0) is 73.8 Å². The van der Waals surface area contributed by atoms with Gasteiger partial charge in [0.25, 0.3) is 0 Å². The molecule has 3 aromatic rings. The normalized spacial score (nSPS) is 12.5. The molecule has 1 heterocycles. The number of halogens is 2. The van der Waals surface area contributed by atoms with Crippen LogP contribution >= 0.6 is 11.6 Å². The van der Waals surface area contributed by atoms with E-state index in [1.807, 2.05) is 7.05 Å². The lowest BCUT2D eigenvalue weighted by Crippen LogP contribution is -3.00. The maximum Gasteiger partial charge on any atom is 0.176 e. The Kier molecular flexibility index (Phi) is 8.14. The highest BCUT2D eigenvalue weighted by atomic mass is 35.5. The molecule has 0 unspecified atom stereocenters. The second-order valence-electron chi connectivity index (χ2n) is 7.93. The zero-order valence-electron chi connectivity index (χ0n) is 17.7. The van der Waals surface area contributed by atoms with E-state index < -0.39 is 0 Å². The molecule has 0 spiro atoms. The number of fused-ring (bicyclic) bond motifs is 2. The van der Waals surface area contributed by atoms with E-state index in [4.69, 9.17) is 11.6 Å². The molecule has 5 heteroatoms. The molecule has 0 aromatic heterocycles. The molecule has 0 amide bonds. The Bertz CT molecular complexity index is 972. The van der Waals surface area contributed by atoms with E-state index in [1.54, 1.807) is 24.3 Å². The molecule has 3 aromatic carbocycles. The monoisotopic (exact) mass is 453 g/mol. The summed E-state index contributed by atoms with van der Waals surface area (Å²) >= 11 is 5.92. The Morgan fingerprint density at radius 2 is 1.45 bits per heavy atom. The molecule has 0 atom stereocenters. The predicted molar refractivity (Wildman–Crippen MR) is 125 cm³/mol. The third kappa shape index (κ3) is 5.68. The van der Waals surface area contributed by atoms with Crippen molar-refractivity contribution in [2.45, 2.75) is 19.3 Å². The molecule has 162 valence electrons. The lowest BCUT2D eigenvalue weighted by Gasteiger charge is -2.28. The minimum atomic E-state index is 0. The van der Waals surface area contributed by atoms with E-state index in [0.29, 0.717) is 17.1 Å². The van der Waals surface area contributed by atoms with Crippen LogP contribution in [0.2, 0.25) is 5.02 Å². The quantitative estimate of drug-likeness (QED) is 0.513. The molecular formula is C26H27Cl2N2O-. The van der Waals surface area contributed by atoms with Gasteiger partial charge in [0.2, 0.25) is 0 Å². The molecular weight excluding hydrogens is 427 g/mol. The number of para-hydroxylation sites is 2. The van der Waals surface area contributed by atoms with Crippen LogP contribution in [-0.4, -0.2) is 37.4 Å². The highest BCUT2D eigenvalue weighted by molar-refractivity contribution is 6.30. The number of likely N-dealkylation sites (N-methyl/N-ethyl adjacent to an activating group) is 1. The van der Waals surface area contributed by atoms with Crippen molar-refractivity contribution in [2.24, 2.45) is 0 Å². The van der Waals surface area contributed by atoms with Gasteiger partial charge in [-0.2, -0.15) is 0 Å². The summed E-state index contributed by atoms with van der Waals surface area (Å²) in [5.41, 5.74) is 6.13. The summed E-state index contributed by atoms with van der Waals surface area (Å²) < 4.78 is 0. The van der Waals surface area contributed by atoms with Gasteiger partial charge in [0.1, 0.15) is 0 Å². The Labute approximate surface area is 196 Å². The molecule has 0 saturated heterocycles. The molecule has 0 bridgehead atoms. The highest BCUT2D eigenvalue weighted by Crippen LogP contribution is 2.35. The number of carbonyl (C=O) groups is 1. The average Bonchev–Trinajstić information content (AvgIpc) is 2.91. The first-order valence-corrected chi connectivity index (χ1v) is 10.9. The van der Waals surface area contributed by atoms with Crippen LogP contribution in [-0.2, 0) is 12.8 Å². The number of carbonyl (C=O) groups excluding carboxylic acids is 1. The first kappa shape index (κ1) is 23.3. The molecule has 0 N–H and O–H groups in total. The Morgan fingerprint density at radius 1 is 0.903 bits per heavy atom. The number of aryl methyl sites for hydroxylation is 2. The topological polar surface area (TPSA) is 23.6 Å². The SMILES string of the molecule is CN(CCCN1c2ccccc2CCc2ccccc21)CC(=O)c1ccc(Cl)cc1.[Cl-]. The maximum atomic E-state index is 12.5. The standard InChI is InChI=1S/C26H27ClN2O.ClH/c1-28(19-26(30)22-13-15-23(27)16-14-22)17-6-18-29-24-9-4-2-7-20(24)11-12-21-8-3-5-10-25(21)29;/h2-5,7-10,13-16H,6,11-12,17-19H2,1H3;1H/p-1. The van der Waals surface area contributed by atoms with Crippen molar-refractivity contribution in [3.05, 3.63) is 94.5 Å². The Balaban J connectivity index is 0.00000272. The second kappa shape index (κ2) is 10.8. The predicted octanol–water partition coefficient (Wildman–Crippen LogP) is 2.79. The van der Waals surface area contributed by atoms with Gasteiger partial charge in [-0.25, -0.2) is 0 Å². The van der Waals surface area contributed by atoms with Crippen molar-refractivity contribution in [3.63, 3.8) is 0 Å². The van der Waals surface area contributed by atoms with Crippen LogP contribution in [0.1, 0.15) is 27.9 Å². The van der Waals surface area contributed by atoms with Gasteiger partial charge in [0.05, 0.1) is 6.54 Å². The summed E-state index contributed by atoms with van der Waals surface area (Å²) in [4.78, 5) is 17.1. The van der Waals surface area contributed by atoms with Crippen LogP contribution in [0.15, 0.2) is 72.8 Å². The van der Waals surface area contributed by atoms with E-state index in [-0.39, 0.29) is 18.2 Å². The Hall–Kier alpha value is -2.33. The number of ketones is 1. The van der Waals surface area contributed by atoms with E-state index in [9.17, 15) is 4.79 Å².